The summed E-state index contributed by atoms with van der Waals surface area (Å²) in [6, 6.07) is 2.65. The van der Waals surface area contributed by atoms with Crippen LogP contribution in [0.15, 0.2) is 24.7 Å². The van der Waals surface area contributed by atoms with E-state index in [0.717, 1.165) is 11.3 Å². The van der Waals surface area contributed by atoms with Crippen LogP contribution in [-0.4, -0.2) is 31.7 Å². The summed E-state index contributed by atoms with van der Waals surface area (Å²) in [6.45, 7) is 0. The van der Waals surface area contributed by atoms with Crippen molar-refractivity contribution in [3.05, 3.63) is 36.3 Å². The Hall–Kier alpha value is -1.89. The maximum atomic E-state index is 13.6. The van der Waals surface area contributed by atoms with Gasteiger partial charge < -0.3 is 9.67 Å². The van der Waals surface area contributed by atoms with Crippen LogP contribution in [0.3, 0.4) is 0 Å². The molecular weight excluding hydrogens is 319 g/mol. The summed E-state index contributed by atoms with van der Waals surface area (Å²) in [6.07, 6.45) is 3.18. The average molecular weight is 337 g/mol. The van der Waals surface area contributed by atoms with E-state index in [2.05, 4.69) is 9.97 Å². The second-order valence-electron chi connectivity index (χ2n) is 6.77. The van der Waals surface area contributed by atoms with Gasteiger partial charge in [-0.1, -0.05) is 0 Å². The highest BCUT2D eigenvalue weighted by Crippen LogP contribution is 2.43. The van der Waals surface area contributed by atoms with Crippen molar-refractivity contribution in [1.82, 2.24) is 14.5 Å². The summed E-state index contributed by atoms with van der Waals surface area (Å²) in [7, 11) is 0. The second-order valence-corrected chi connectivity index (χ2v) is 6.77. The van der Waals surface area contributed by atoms with Crippen LogP contribution in [0.4, 0.5) is 13.2 Å². The minimum Gasteiger partial charge on any atom is -0.393 e. The van der Waals surface area contributed by atoms with E-state index in [1.807, 2.05) is 4.57 Å². The lowest BCUT2D eigenvalue weighted by atomic mass is 9.81. The second kappa shape index (κ2) is 5.58. The summed E-state index contributed by atoms with van der Waals surface area (Å²) < 4.78 is 42.0. The van der Waals surface area contributed by atoms with Crippen LogP contribution in [0.5, 0.6) is 0 Å². The zero-order valence-corrected chi connectivity index (χ0v) is 13.0. The summed E-state index contributed by atoms with van der Waals surface area (Å²) in [4.78, 5) is 8.11. The number of halogens is 3. The maximum absolute atomic E-state index is 13.6. The number of fused-ring (bicyclic) bond motifs is 3. The molecule has 7 heteroatoms. The molecule has 0 saturated heterocycles. The number of nitrogens with zero attached hydrogens (tertiary/aromatic N) is 3. The van der Waals surface area contributed by atoms with E-state index in [1.54, 1.807) is 18.6 Å². The first-order valence-electron chi connectivity index (χ1n) is 8.19. The van der Waals surface area contributed by atoms with Gasteiger partial charge in [-0.15, -0.1) is 0 Å². The Bertz CT molecular complexity index is 751. The molecule has 0 bridgehead atoms. The normalized spacial score (nSPS) is 23.8. The molecule has 1 N–H and O–H groups in total. The van der Waals surface area contributed by atoms with Gasteiger partial charge in [0, 0.05) is 24.8 Å². The third kappa shape index (κ3) is 2.60. The molecule has 0 radical (unpaired) electrons. The lowest BCUT2D eigenvalue weighted by molar-refractivity contribution is -0.0639. The van der Waals surface area contributed by atoms with Crippen molar-refractivity contribution in [2.45, 2.75) is 50.2 Å². The van der Waals surface area contributed by atoms with Crippen LogP contribution in [0, 0.1) is 11.9 Å². The van der Waals surface area contributed by atoms with Crippen molar-refractivity contribution in [1.29, 1.82) is 0 Å². The maximum Gasteiger partial charge on any atom is 0.248 e. The number of aliphatic hydroxyl groups excluding tert-OH is 1. The number of rotatable bonds is 3. The van der Waals surface area contributed by atoms with Crippen LogP contribution in [0.1, 0.15) is 43.8 Å². The monoisotopic (exact) mass is 337 g/mol. The van der Waals surface area contributed by atoms with Gasteiger partial charge in [-0.25, -0.2) is 18.7 Å². The highest BCUT2D eigenvalue weighted by atomic mass is 19.3. The lowest BCUT2D eigenvalue weighted by Gasteiger charge is -2.32. The van der Waals surface area contributed by atoms with Gasteiger partial charge in [-0.3, -0.25) is 0 Å². The zero-order chi connectivity index (χ0) is 16.9. The molecule has 3 heterocycles. The summed E-state index contributed by atoms with van der Waals surface area (Å²) in [5.74, 6) is -3.34. The predicted molar refractivity (Wildman–Crippen MR) is 81.1 cm³/mol. The molecule has 4 nitrogen and oxygen atoms in total. The third-order valence-corrected chi connectivity index (χ3v) is 5.25. The molecule has 1 fully saturated rings. The minimum atomic E-state index is -2.61. The van der Waals surface area contributed by atoms with Crippen molar-refractivity contribution in [3.63, 3.8) is 0 Å². The lowest BCUT2D eigenvalue weighted by Crippen LogP contribution is -2.32. The van der Waals surface area contributed by atoms with Crippen LogP contribution < -0.4 is 0 Å². The number of aromatic nitrogens is 3. The fourth-order valence-corrected chi connectivity index (χ4v) is 3.91. The molecule has 1 aliphatic carbocycles. The summed E-state index contributed by atoms with van der Waals surface area (Å²) in [5, 5.41) is 10.6. The van der Waals surface area contributed by atoms with Crippen molar-refractivity contribution in [2.75, 3.05) is 0 Å². The molecule has 1 aliphatic heterocycles. The molecule has 2 atom stereocenters. The van der Waals surface area contributed by atoms with Gasteiger partial charge in [-0.2, -0.15) is 4.39 Å². The Morgan fingerprint density at radius 1 is 1.29 bits per heavy atom. The molecule has 0 amide bonds. The van der Waals surface area contributed by atoms with E-state index in [4.69, 9.17) is 0 Å². The molecule has 0 spiro atoms. The van der Waals surface area contributed by atoms with Crippen molar-refractivity contribution in [2.24, 2.45) is 5.92 Å². The predicted octanol–water partition coefficient (Wildman–Crippen LogP) is 3.56. The SMILES string of the molecule is OC(CC1c2nc(F)ccc2-c2cncn21)C1CCC(F)(F)CC1. The fourth-order valence-electron chi connectivity index (χ4n) is 3.91. The Morgan fingerprint density at radius 2 is 2.04 bits per heavy atom. The van der Waals surface area contributed by atoms with Gasteiger partial charge in [0.2, 0.25) is 11.9 Å². The largest absolute Gasteiger partial charge is 0.393 e. The summed E-state index contributed by atoms with van der Waals surface area (Å²) >= 11 is 0. The number of alkyl halides is 2. The Balaban J connectivity index is 1.56. The van der Waals surface area contributed by atoms with Gasteiger partial charge in [0.05, 0.1) is 36.1 Å². The molecule has 0 aromatic carbocycles. The topological polar surface area (TPSA) is 50.9 Å². The molecular formula is C17H18F3N3O. The quantitative estimate of drug-likeness (QED) is 0.871. The Morgan fingerprint density at radius 3 is 2.79 bits per heavy atom. The first kappa shape index (κ1) is 15.6. The highest BCUT2D eigenvalue weighted by molar-refractivity contribution is 5.66. The first-order chi connectivity index (χ1) is 11.4. The van der Waals surface area contributed by atoms with E-state index in [9.17, 15) is 18.3 Å². The number of hydrogen-bond donors (Lipinski definition) is 1. The Labute approximate surface area is 137 Å². The Kier molecular flexibility index (Phi) is 3.63. The molecule has 1 saturated carbocycles. The summed E-state index contributed by atoms with van der Waals surface area (Å²) in [5.41, 5.74) is 2.22. The number of imidazole rings is 1. The van der Waals surface area contributed by atoms with E-state index in [-0.39, 0.29) is 24.8 Å². The highest BCUT2D eigenvalue weighted by Gasteiger charge is 2.39. The minimum absolute atomic E-state index is 0.158. The standard InChI is InChI=1S/C17H18F3N3O/c18-15-2-1-11-13-8-21-9-23(13)12(16(11)22-15)7-14(24)10-3-5-17(19,20)6-4-10/h1-2,8-10,12,14,24H,3-7H2. The van der Waals surface area contributed by atoms with Crippen LogP contribution >= 0.6 is 0 Å². The van der Waals surface area contributed by atoms with Crippen LogP contribution in [-0.2, 0) is 0 Å². The van der Waals surface area contributed by atoms with E-state index < -0.39 is 18.0 Å². The molecule has 2 aromatic rings. The molecule has 4 rings (SSSR count). The molecule has 2 aromatic heterocycles. The van der Waals surface area contributed by atoms with Gasteiger partial charge in [-0.05, 0) is 30.9 Å². The van der Waals surface area contributed by atoms with Gasteiger partial charge >= 0.3 is 0 Å². The number of hydrogen-bond acceptors (Lipinski definition) is 3. The fraction of sp³-hybridized carbons (Fsp3) is 0.529. The smallest absolute Gasteiger partial charge is 0.248 e. The first-order valence-corrected chi connectivity index (χ1v) is 8.19. The number of aliphatic hydroxyl groups is 1. The van der Waals surface area contributed by atoms with Gasteiger partial charge in [0.25, 0.3) is 0 Å². The van der Waals surface area contributed by atoms with Crippen LogP contribution in [0.2, 0.25) is 0 Å². The van der Waals surface area contributed by atoms with Gasteiger partial charge in [0.15, 0.2) is 0 Å². The van der Waals surface area contributed by atoms with E-state index >= 15 is 0 Å². The average Bonchev–Trinajstić information content (AvgIpc) is 3.10. The molecule has 2 unspecified atom stereocenters. The molecule has 128 valence electrons. The number of pyridine rings is 1. The van der Waals surface area contributed by atoms with Crippen LogP contribution in [0.25, 0.3) is 11.3 Å². The van der Waals surface area contributed by atoms with Gasteiger partial charge in [0.1, 0.15) is 0 Å². The van der Waals surface area contributed by atoms with Crippen molar-refractivity contribution >= 4 is 0 Å². The molecule has 24 heavy (non-hydrogen) atoms. The van der Waals surface area contributed by atoms with Crippen molar-refractivity contribution < 1.29 is 18.3 Å². The molecule has 2 aliphatic rings. The third-order valence-electron chi connectivity index (χ3n) is 5.25. The van der Waals surface area contributed by atoms with Crippen molar-refractivity contribution in [3.8, 4) is 11.3 Å². The van der Waals surface area contributed by atoms with E-state index in [1.165, 1.54) is 6.07 Å². The van der Waals surface area contributed by atoms with E-state index in [0.29, 0.717) is 25.0 Å². The zero-order valence-electron chi connectivity index (χ0n) is 13.0.